The van der Waals surface area contributed by atoms with Gasteiger partial charge in [0.1, 0.15) is 0 Å². The normalized spacial score (nSPS) is 14.0. The van der Waals surface area contributed by atoms with Gasteiger partial charge in [0, 0.05) is 43.6 Å². The Kier molecular flexibility index (Phi) is 6.00. The lowest BCUT2D eigenvalue weighted by Gasteiger charge is -2.30. The van der Waals surface area contributed by atoms with E-state index < -0.39 is 10.8 Å². The first-order valence-electron chi connectivity index (χ1n) is 8.59. The van der Waals surface area contributed by atoms with Crippen molar-refractivity contribution in [3.8, 4) is 0 Å². The fourth-order valence-electron chi connectivity index (χ4n) is 3.01. The summed E-state index contributed by atoms with van der Waals surface area (Å²) in [4.78, 5) is 25.7. The Morgan fingerprint density at radius 2 is 2.00 bits per heavy atom. The van der Waals surface area contributed by atoms with E-state index in [4.69, 9.17) is 9.47 Å². The summed E-state index contributed by atoms with van der Waals surface area (Å²) < 4.78 is 10.5. The number of rotatable bonds is 6. The number of nitrogens with one attached hydrogen (secondary N) is 1. The molecule has 1 heterocycles. The van der Waals surface area contributed by atoms with Crippen LogP contribution in [-0.2, 0) is 16.1 Å². The average molecular weight is 371 g/mol. The first-order valence-corrected chi connectivity index (χ1v) is 8.59. The van der Waals surface area contributed by atoms with Crippen molar-refractivity contribution >= 4 is 23.0 Å². The Morgan fingerprint density at radius 3 is 2.70 bits per heavy atom. The zero-order valence-corrected chi connectivity index (χ0v) is 15.0. The molecule has 1 N–H and O–H groups in total. The molecule has 8 heteroatoms. The Bertz CT molecular complexity index is 834. The Morgan fingerprint density at radius 1 is 1.26 bits per heavy atom. The molecule has 1 amide bonds. The maximum Gasteiger partial charge on any atom is 0.270 e. The fourth-order valence-corrected chi connectivity index (χ4v) is 3.01. The van der Waals surface area contributed by atoms with Gasteiger partial charge >= 0.3 is 0 Å². The topological polar surface area (TPSA) is 93.9 Å². The lowest BCUT2D eigenvalue weighted by atomic mass is 10.1. The molecule has 2 aromatic rings. The second-order valence-corrected chi connectivity index (χ2v) is 6.10. The van der Waals surface area contributed by atoms with Crippen molar-refractivity contribution in [1.82, 2.24) is 0 Å². The van der Waals surface area contributed by atoms with Crippen molar-refractivity contribution < 1.29 is 19.2 Å². The van der Waals surface area contributed by atoms with Crippen LogP contribution in [0.15, 0.2) is 42.5 Å². The van der Waals surface area contributed by atoms with Gasteiger partial charge in [-0.15, -0.1) is 0 Å². The van der Waals surface area contributed by atoms with E-state index in [1.54, 1.807) is 19.2 Å². The molecule has 1 fully saturated rings. The van der Waals surface area contributed by atoms with E-state index in [0.29, 0.717) is 44.3 Å². The molecule has 0 spiro atoms. The third kappa shape index (κ3) is 4.42. The van der Waals surface area contributed by atoms with Gasteiger partial charge in [-0.2, -0.15) is 0 Å². The van der Waals surface area contributed by atoms with Gasteiger partial charge < -0.3 is 19.7 Å². The minimum Gasteiger partial charge on any atom is -0.380 e. The number of amides is 1. The number of hydrogen-bond donors (Lipinski definition) is 1. The highest BCUT2D eigenvalue weighted by Gasteiger charge is 2.22. The predicted octanol–water partition coefficient (Wildman–Crippen LogP) is 2.83. The Hall–Kier alpha value is -2.97. The van der Waals surface area contributed by atoms with Gasteiger partial charge in [0.05, 0.1) is 36.0 Å². The number of methoxy groups -OCH3 is 1. The van der Waals surface area contributed by atoms with E-state index in [0.717, 1.165) is 5.56 Å². The van der Waals surface area contributed by atoms with Crippen molar-refractivity contribution in [1.29, 1.82) is 0 Å². The van der Waals surface area contributed by atoms with E-state index in [1.807, 2.05) is 23.1 Å². The summed E-state index contributed by atoms with van der Waals surface area (Å²) in [5.74, 6) is -0.399. The number of nitro benzene ring substituents is 1. The van der Waals surface area contributed by atoms with Gasteiger partial charge in [0.15, 0.2) is 0 Å². The number of anilines is 2. The Balaban J connectivity index is 1.94. The van der Waals surface area contributed by atoms with Crippen LogP contribution in [0.3, 0.4) is 0 Å². The maximum absolute atomic E-state index is 13.0. The number of para-hydroxylation sites is 1. The SMILES string of the molecule is COCc1ccccc1NC(=O)c1cc([N+](=O)[O-])ccc1N1CCOCC1. The first-order chi connectivity index (χ1) is 13.1. The quantitative estimate of drug-likeness (QED) is 0.620. The van der Waals surface area contributed by atoms with Crippen LogP contribution >= 0.6 is 0 Å². The second-order valence-electron chi connectivity index (χ2n) is 6.10. The third-order valence-corrected chi connectivity index (χ3v) is 4.35. The molecule has 27 heavy (non-hydrogen) atoms. The molecule has 0 aromatic heterocycles. The van der Waals surface area contributed by atoms with E-state index in [9.17, 15) is 14.9 Å². The molecular formula is C19H21N3O5. The molecule has 2 aromatic carbocycles. The van der Waals surface area contributed by atoms with Crippen molar-refractivity contribution in [3.05, 3.63) is 63.7 Å². The first kappa shape index (κ1) is 18.8. The summed E-state index contributed by atoms with van der Waals surface area (Å²) in [5.41, 5.74) is 2.24. The minimum absolute atomic E-state index is 0.123. The summed E-state index contributed by atoms with van der Waals surface area (Å²) in [6.45, 7) is 2.70. The van der Waals surface area contributed by atoms with Gasteiger partial charge in [-0.05, 0) is 12.1 Å². The summed E-state index contributed by atoms with van der Waals surface area (Å²) in [5, 5.41) is 14.0. The van der Waals surface area contributed by atoms with E-state index in [1.165, 1.54) is 12.1 Å². The molecule has 0 saturated carbocycles. The van der Waals surface area contributed by atoms with Crippen molar-refractivity contribution in [2.75, 3.05) is 43.6 Å². The highest BCUT2D eigenvalue weighted by atomic mass is 16.6. The molecule has 0 radical (unpaired) electrons. The highest BCUT2D eigenvalue weighted by Crippen LogP contribution is 2.28. The Labute approximate surface area is 156 Å². The number of nitrogens with zero attached hydrogens (tertiary/aromatic N) is 2. The van der Waals surface area contributed by atoms with Crippen LogP contribution in [0.1, 0.15) is 15.9 Å². The molecular weight excluding hydrogens is 350 g/mol. The third-order valence-electron chi connectivity index (χ3n) is 4.35. The monoisotopic (exact) mass is 371 g/mol. The van der Waals surface area contributed by atoms with Crippen LogP contribution in [0.4, 0.5) is 17.1 Å². The minimum atomic E-state index is -0.501. The molecule has 0 aliphatic carbocycles. The molecule has 0 atom stereocenters. The number of ether oxygens (including phenoxy) is 2. The molecule has 0 bridgehead atoms. The largest absolute Gasteiger partial charge is 0.380 e. The predicted molar refractivity (Wildman–Crippen MR) is 101 cm³/mol. The van der Waals surface area contributed by atoms with E-state index >= 15 is 0 Å². The van der Waals surface area contributed by atoms with Crippen molar-refractivity contribution in [2.45, 2.75) is 6.61 Å². The van der Waals surface area contributed by atoms with Crippen molar-refractivity contribution in [3.63, 3.8) is 0 Å². The van der Waals surface area contributed by atoms with Gasteiger partial charge in [-0.25, -0.2) is 0 Å². The number of morpholine rings is 1. The van der Waals surface area contributed by atoms with E-state index in [2.05, 4.69) is 5.32 Å². The summed E-state index contributed by atoms with van der Waals surface area (Å²) in [6.07, 6.45) is 0. The van der Waals surface area contributed by atoms with E-state index in [-0.39, 0.29) is 11.3 Å². The molecule has 1 aliphatic heterocycles. The number of hydrogen-bond acceptors (Lipinski definition) is 6. The van der Waals surface area contributed by atoms with Crippen LogP contribution in [-0.4, -0.2) is 44.2 Å². The van der Waals surface area contributed by atoms with Gasteiger partial charge in [0.2, 0.25) is 0 Å². The summed E-state index contributed by atoms with van der Waals surface area (Å²) in [7, 11) is 1.58. The number of benzene rings is 2. The molecule has 142 valence electrons. The molecule has 1 saturated heterocycles. The van der Waals surface area contributed by atoms with Gasteiger partial charge in [-0.1, -0.05) is 18.2 Å². The van der Waals surface area contributed by atoms with Crippen molar-refractivity contribution in [2.24, 2.45) is 0 Å². The van der Waals surface area contributed by atoms with Crippen LogP contribution in [0.25, 0.3) is 0 Å². The van der Waals surface area contributed by atoms with Gasteiger partial charge in [-0.3, -0.25) is 14.9 Å². The van der Waals surface area contributed by atoms with Crippen LogP contribution in [0.5, 0.6) is 0 Å². The average Bonchev–Trinajstić information content (AvgIpc) is 2.70. The molecule has 1 aliphatic rings. The number of non-ortho nitro benzene ring substituents is 1. The molecule has 8 nitrogen and oxygen atoms in total. The zero-order chi connectivity index (χ0) is 19.2. The van der Waals surface area contributed by atoms with Gasteiger partial charge in [0.25, 0.3) is 11.6 Å². The summed E-state index contributed by atoms with van der Waals surface area (Å²) >= 11 is 0. The smallest absolute Gasteiger partial charge is 0.270 e. The number of nitro groups is 1. The fraction of sp³-hybridized carbons (Fsp3) is 0.316. The maximum atomic E-state index is 13.0. The standard InChI is InChI=1S/C19H21N3O5/c1-26-13-14-4-2-3-5-17(14)20-19(23)16-12-15(22(24)25)6-7-18(16)21-8-10-27-11-9-21/h2-7,12H,8-11,13H2,1H3,(H,20,23). The lowest BCUT2D eigenvalue weighted by Crippen LogP contribution is -2.37. The zero-order valence-electron chi connectivity index (χ0n) is 15.0. The lowest BCUT2D eigenvalue weighted by molar-refractivity contribution is -0.384. The van der Waals surface area contributed by atoms with Crippen LogP contribution < -0.4 is 10.2 Å². The second kappa shape index (κ2) is 8.61. The van der Waals surface area contributed by atoms with Crippen LogP contribution in [0, 0.1) is 10.1 Å². The highest BCUT2D eigenvalue weighted by molar-refractivity contribution is 6.09. The number of carbonyl (C=O) groups excluding carboxylic acids is 1. The van der Waals surface area contributed by atoms with Crippen LogP contribution in [0.2, 0.25) is 0 Å². The number of carbonyl (C=O) groups is 1. The molecule has 3 rings (SSSR count). The summed E-state index contributed by atoms with van der Waals surface area (Å²) in [6, 6.07) is 11.7. The molecule has 0 unspecified atom stereocenters.